The second kappa shape index (κ2) is 6.84. The van der Waals surface area contributed by atoms with Gasteiger partial charge < -0.3 is 15.7 Å². The number of hydrogen-bond acceptors (Lipinski definition) is 3. The first kappa shape index (κ1) is 16.2. The van der Waals surface area contributed by atoms with E-state index in [4.69, 9.17) is 0 Å². The van der Waals surface area contributed by atoms with Crippen molar-refractivity contribution in [3.05, 3.63) is 71.8 Å². The number of nitrogens with one attached hydrogen (secondary N) is 2. The fourth-order valence-electron chi connectivity index (χ4n) is 2.80. The van der Waals surface area contributed by atoms with E-state index in [2.05, 4.69) is 10.6 Å². The van der Waals surface area contributed by atoms with Crippen molar-refractivity contribution in [2.75, 3.05) is 0 Å². The Kier molecular flexibility index (Phi) is 4.62. The van der Waals surface area contributed by atoms with Crippen LogP contribution in [0.25, 0.3) is 0 Å². The molecule has 2 aliphatic rings. The SMILES string of the molecule is C[C@H]1C(=O)NC1c1ccccc1.O=C1NC(c2ccccc2)C1O. The highest BCUT2D eigenvalue weighted by Crippen LogP contribution is 2.29. The van der Waals surface area contributed by atoms with Gasteiger partial charge in [0.2, 0.25) is 5.91 Å². The average Bonchev–Trinajstić information content (AvgIpc) is 2.65. The molecule has 4 rings (SSSR count). The fourth-order valence-corrected chi connectivity index (χ4v) is 2.80. The summed E-state index contributed by atoms with van der Waals surface area (Å²) in [5, 5.41) is 14.7. The Morgan fingerprint density at radius 3 is 1.58 bits per heavy atom. The van der Waals surface area contributed by atoms with Crippen molar-refractivity contribution < 1.29 is 14.7 Å². The normalized spacial score (nSPS) is 27.6. The van der Waals surface area contributed by atoms with Crippen LogP contribution in [0, 0.1) is 5.92 Å². The van der Waals surface area contributed by atoms with E-state index in [1.165, 1.54) is 5.56 Å². The molecule has 0 aliphatic carbocycles. The van der Waals surface area contributed by atoms with Crippen LogP contribution >= 0.6 is 0 Å². The van der Waals surface area contributed by atoms with Gasteiger partial charge >= 0.3 is 0 Å². The van der Waals surface area contributed by atoms with E-state index in [9.17, 15) is 14.7 Å². The molecule has 5 nitrogen and oxygen atoms in total. The predicted octanol–water partition coefficient (Wildman–Crippen LogP) is 1.71. The number of hydrogen-bond donors (Lipinski definition) is 3. The van der Waals surface area contributed by atoms with Crippen LogP contribution in [0.5, 0.6) is 0 Å². The van der Waals surface area contributed by atoms with Crippen LogP contribution in [0.15, 0.2) is 60.7 Å². The minimum absolute atomic E-state index is 0.132. The van der Waals surface area contributed by atoms with Crippen molar-refractivity contribution in [3.8, 4) is 0 Å². The molecular formula is C19H20N2O3. The summed E-state index contributed by atoms with van der Waals surface area (Å²) in [6, 6.07) is 19.5. The first-order valence-electron chi connectivity index (χ1n) is 7.96. The standard InChI is InChI=1S/C10H11NO.C9H9NO2/c1-7-9(11-10(7)12)8-5-3-2-4-6-8;11-8-7(10-9(8)12)6-4-2-1-3-5-6/h2-7,9H,1H3,(H,11,12);1-5,7-8,11H,(H,10,12)/t7-,9?;/m1./s1. The topological polar surface area (TPSA) is 78.4 Å². The van der Waals surface area contributed by atoms with Crippen LogP contribution in [0.3, 0.4) is 0 Å². The van der Waals surface area contributed by atoms with Gasteiger partial charge in [0.15, 0.2) is 6.10 Å². The number of carbonyl (C=O) groups excluding carboxylic acids is 2. The van der Waals surface area contributed by atoms with Crippen LogP contribution in [0.2, 0.25) is 0 Å². The zero-order valence-electron chi connectivity index (χ0n) is 13.3. The molecule has 5 heteroatoms. The lowest BCUT2D eigenvalue weighted by atomic mass is 9.87. The summed E-state index contributed by atoms with van der Waals surface area (Å²) in [6.07, 6.45) is -0.868. The molecule has 2 aromatic carbocycles. The first-order chi connectivity index (χ1) is 11.6. The zero-order chi connectivity index (χ0) is 17.1. The lowest BCUT2D eigenvalue weighted by Crippen LogP contribution is -2.55. The molecule has 2 fully saturated rings. The molecule has 2 amide bonds. The van der Waals surface area contributed by atoms with Gasteiger partial charge in [0, 0.05) is 0 Å². The molecule has 0 aromatic heterocycles. The molecule has 0 bridgehead atoms. The van der Waals surface area contributed by atoms with Gasteiger partial charge in [0.05, 0.1) is 18.0 Å². The Morgan fingerprint density at radius 2 is 1.21 bits per heavy atom. The average molecular weight is 324 g/mol. The molecule has 2 saturated heterocycles. The van der Waals surface area contributed by atoms with E-state index in [0.717, 1.165) is 5.56 Å². The molecule has 2 aromatic rings. The molecule has 24 heavy (non-hydrogen) atoms. The molecule has 4 atom stereocenters. The fraction of sp³-hybridized carbons (Fsp3) is 0.263. The molecule has 2 heterocycles. The minimum Gasteiger partial charge on any atom is -0.381 e. The first-order valence-corrected chi connectivity index (χ1v) is 7.96. The summed E-state index contributed by atoms with van der Waals surface area (Å²) in [6.45, 7) is 1.95. The van der Waals surface area contributed by atoms with Crippen molar-refractivity contribution in [1.82, 2.24) is 10.6 Å². The second-order valence-corrected chi connectivity index (χ2v) is 6.03. The van der Waals surface area contributed by atoms with Crippen LogP contribution in [0.1, 0.15) is 30.1 Å². The highest BCUT2D eigenvalue weighted by atomic mass is 16.3. The highest BCUT2D eigenvalue weighted by molar-refractivity contribution is 5.88. The van der Waals surface area contributed by atoms with E-state index >= 15 is 0 Å². The van der Waals surface area contributed by atoms with Crippen molar-refractivity contribution in [1.29, 1.82) is 0 Å². The second-order valence-electron chi connectivity index (χ2n) is 6.03. The smallest absolute Gasteiger partial charge is 0.251 e. The number of amides is 2. The monoisotopic (exact) mass is 324 g/mol. The molecular weight excluding hydrogens is 304 g/mol. The van der Waals surface area contributed by atoms with E-state index < -0.39 is 6.10 Å². The van der Waals surface area contributed by atoms with Gasteiger partial charge in [-0.25, -0.2) is 0 Å². The quantitative estimate of drug-likeness (QED) is 0.736. The maximum absolute atomic E-state index is 10.9. The Balaban J connectivity index is 0.000000141. The zero-order valence-corrected chi connectivity index (χ0v) is 13.3. The number of β-lactam (4-membered cyclic amide) rings is 2. The minimum atomic E-state index is -0.868. The number of rotatable bonds is 2. The lowest BCUT2D eigenvalue weighted by Gasteiger charge is -2.34. The maximum Gasteiger partial charge on any atom is 0.251 e. The summed E-state index contributed by atoms with van der Waals surface area (Å²) in [5.41, 5.74) is 2.15. The lowest BCUT2D eigenvalue weighted by molar-refractivity contribution is -0.142. The summed E-state index contributed by atoms with van der Waals surface area (Å²) in [4.78, 5) is 21.6. The van der Waals surface area contributed by atoms with Gasteiger partial charge in [-0.05, 0) is 11.1 Å². The summed E-state index contributed by atoms with van der Waals surface area (Å²) >= 11 is 0. The van der Waals surface area contributed by atoms with Gasteiger partial charge in [0.1, 0.15) is 0 Å². The Labute approximate surface area is 140 Å². The number of aliphatic hydroxyl groups is 1. The molecule has 2 aliphatic heterocycles. The third-order valence-electron chi connectivity index (χ3n) is 4.41. The molecule has 0 spiro atoms. The van der Waals surface area contributed by atoms with Crippen molar-refractivity contribution in [2.45, 2.75) is 25.1 Å². The van der Waals surface area contributed by atoms with Crippen molar-refractivity contribution in [2.24, 2.45) is 5.92 Å². The Bertz CT molecular complexity index is 654. The predicted molar refractivity (Wildman–Crippen MR) is 89.8 cm³/mol. The van der Waals surface area contributed by atoms with E-state index in [1.807, 2.05) is 67.6 Å². The maximum atomic E-state index is 10.9. The van der Waals surface area contributed by atoms with Crippen molar-refractivity contribution >= 4 is 11.8 Å². The van der Waals surface area contributed by atoms with Crippen LogP contribution in [-0.4, -0.2) is 23.0 Å². The number of aliphatic hydroxyl groups excluding tert-OH is 1. The van der Waals surface area contributed by atoms with E-state index in [1.54, 1.807) is 0 Å². The van der Waals surface area contributed by atoms with Crippen LogP contribution < -0.4 is 10.6 Å². The largest absolute Gasteiger partial charge is 0.381 e. The van der Waals surface area contributed by atoms with Crippen LogP contribution in [-0.2, 0) is 9.59 Å². The Hall–Kier alpha value is -2.66. The summed E-state index contributed by atoms with van der Waals surface area (Å²) in [5.74, 6) is 0.0000983. The Morgan fingerprint density at radius 1 is 0.750 bits per heavy atom. The number of carbonyl (C=O) groups is 2. The molecule has 0 saturated carbocycles. The molecule has 124 valence electrons. The molecule has 3 N–H and O–H groups in total. The van der Waals surface area contributed by atoms with Gasteiger partial charge in [-0.3, -0.25) is 9.59 Å². The van der Waals surface area contributed by atoms with Crippen LogP contribution in [0.4, 0.5) is 0 Å². The third kappa shape index (κ3) is 3.16. The van der Waals surface area contributed by atoms with Gasteiger partial charge in [-0.15, -0.1) is 0 Å². The summed E-state index contributed by atoms with van der Waals surface area (Å²) < 4.78 is 0. The molecule has 3 unspecified atom stereocenters. The van der Waals surface area contributed by atoms with E-state index in [-0.39, 0.29) is 29.8 Å². The summed E-state index contributed by atoms with van der Waals surface area (Å²) in [7, 11) is 0. The van der Waals surface area contributed by atoms with E-state index in [0.29, 0.717) is 0 Å². The molecule has 0 radical (unpaired) electrons. The van der Waals surface area contributed by atoms with Gasteiger partial charge in [0.25, 0.3) is 5.91 Å². The highest BCUT2D eigenvalue weighted by Gasteiger charge is 2.38. The van der Waals surface area contributed by atoms with Gasteiger partial charge in [-0.1, -0.05) is 67.6 Å². The third-order valence-corrected chi connectivity index (χ3v) is 4.41. The van der Waals surface area contributed by atoms with Crippen molar-refractivity contribution in [3.63, 3.8) is 0 Å². The number of benzene rings is 2. The van der Waals surface area contributed by atoms with Gasteiger partial charge in [-0.2, -0.15) is 0 Å².